The smallest absolute Gasteiger partial charge is 0.290 e. The van der Waals surface area contributed by atoms with E-state index in [2.05, 4.69) is 21.3 Å². The molecule has 0 saturated heterocycles. The zero-order valence-electron chi connectivity index (χ0n) is 17.7. The Hall–Kier alpha value is -3.72. The fraction of sp³-hybridized carbons (Fsp3) is 0.227. The first-order valence-corrected chi connectivity index (χ1v) is 10.3. The third-order valence-electron chi connectivity index (χ3n) is 4.69. The molecule has 3 amide bonds. The third-order valence-corrected chi connectivity index (χ3v) is 5.02. The first-order chi connectivity index (χ1) is 15.2. The van der Waals surface area contributed by atoms with E-state index in [1.165, 1.54) is 17.7 Å². The second-order valence-electron chi connectivity index (χ2n) is 7.36. The number of benzene rings is 2. The van der Waals surface area contributed by atoms with Crippen LogP contribution in [-0.2, 0) is 4.79 Å². The van der Waals surface area contributed by atoms with E-state index in [0.29, 0.717) is 10.8 Å². The molecular formula is C22H22ClN5O4. The quantitative estimate of drug-likeness (QED) is 0.509. The van der Waals surface area contributed by atoms with Crippen molar-refractivity contribution in [3.8, 4) is 0 Å². The van der Waals surface area contributed by atoms with Crippen LogP contribution in [0.15, 0.2) is 53.3 Å². The number of halogens is 1. The number of rotatable bonds is 5. The largest absolute Gasteiger partial charge is 0.340 e. The van der Waals surface area contributed by atoms with Gasteiger partial charge in [0.15, 0.2) is 5.69 Å². The highest BCUT2D eigenvalue weighted by Crippen LogP contribution is 2.15. The summed E-state index contributed by atoms with van der Waals surface area (Å²) in [6.45, 7) is 5.01. The van der Waals surface area contributed by atoms with Crippen LogP contribution >= 0.6 is 11.6 Å². The summed E-state index contributed by atoms with van der Waals surface area (Å²) >= 11 is 6.00. The molecule has 166 valence electrons. The molecule has 0 aliphatic rings. The molecule has 0 spiro atoms. The molecule has 0 radical (unpaired) electrons. The van der Waals surface area contributed by atoms with Gasteiger partial charge in [-0.1, -0.05) is 41.9 Å². The van der Waals surface area contributed by atoms with Gasteiger partial charge < -0.3 is 5.32 Å². The van der Waals surface area contributed by atoms with Crippen LogP contribution < -0.4 is 21.7 Å². The highest BCUT2D eigenvalue weighted by molar-refractivity contribution is 6.33. The number of aromatic nitrogens is 2. The molecule has 0 saturated carbocycles. The summed E-state index contributed by atoms with van der Waals surface area (Å²) in [6, 6.07) is 11.8. The Morgan fingerprint density at radius 3 is 2.19 bits per heavy atom. The topological polar surface area (TPSA) is 122 Å². The van der Waals surface area contributed by atoms with Gasteiger partial charge in [0.2, 0.25) is 0 Å². The monoisotopic (exact) mass is 455 g/mol. The normalized spacial score (nSPS) is 11.8. The first-order valence-electron chi connectivity index (χ1n) is 9.87. The van der Waals surface area contributed by atoms with Crippen LogP contribution in [0.1, 0.15) is 47.7 Å². The second kappa shape index (κ2) is 9.61. The van der Waals surface area contributed by atoms with Gasteiger partial charge in [0, 0.05) is 5.39 Å². The van der Waals surface area contributed by atoms with E-state index >= 15 is 0 Å². The van der Waals surface area contributed by atoms with Crippen LogP contribution in [0.2, 0.25) is 5.02 Å². The number of nitrogens with zero attached hydrogens (tertiary/aromatic N) is 2. The molecule has 32 heavy (non-hydrogen) atoms. The van der Waals surface area contributed by atoms with Crippen molar-refractivity contribution in [3.63, 3.8) is 0 Å². The maximum absolute atomic E-state index is 12.8. The van der Waals surface area contributed by atoms with E-state index in [4.69, 9.17) is 11.6 Å². The predicted octanol–water partition coefficient (Wildman–Crippen LogP) is 2.21. The van der Waals surface area contributed by atoms with Gasteiger partial charge in [-0.3, -0.25) is 30.0 Å². The van der Waals surface area contributed by atoms with Crippen LogP contribution in [0, 0.1) is 0 Å². The van der Waals surface area contributed by atoms with E-state index in [1.807, 2.05) is 0 Å². The maximum Gasteiger partial charge on any atom is 0.290 e. The lowest BCUT2D eigenvalue weighted by Crippen LogP contribution is -2.51. The zero-order chi connectivity index (χ0) is 23.4. The Bertz CT molecular complexity index is 1250. The van der Waals surface area contributed by atoms with E-state index in [1.54, 1.807) is 56.3 Å². The Morgan fingerprint density at radius 1 is 0.906 bits per heavy atom. The van der Waals surface area contributed by atoms with E-state index < -0.39 is 23.8 Å². The first kappa shape index (κ1) is 23.0. The Labute approximate surface area is 188 Å². The molecule has 0 aliphatic carbocycles. The summed E-state index contributed by atoms with van der Waals surface area (Å²) in [5, 5.41) is 7.65. The average Bonchev–Trinajstić information content (AvgIpc) is 2.77. The van der Waals surface area contributed by atoms with Crippen molar-refractivity contribution in [1.82, 2.24) is 25.9 Å². The molecular weight excluding hydrogens is 434 g/mol. The summed E-state index contributed by atoms with van der Waals surface area (Å²) in [6.07, 6.45) is 0. The van der Waals surface area contributed by atoms with Crippen LogP contribution in [0.25, 0.3) is 10.8 Å². The van der Waals surface area contributed by atoms with Crippen molar-refractivity contribution in [2.24, 2.45) is 0 Å². The number of nitrogens with one attached hydrogen (secondary N) is 3. The minimum absolute atomic E-state index is 0.0121. The van der Waals surface area contributed by atoms with Crippen molar-refractivity contribution < 1.29 is 14.4 Å². The molecule has 3 rings (SSSR count). The Morgan fingerprint density at radius 2 is 1.53 bits per heavy atom. The summed E-state index contributed by atoms with van der Waals surface area (Å²) < 4.78 is 1.21. The van der Waals surface area contributed by atoms with Gasteiger partial charge in [0.25, 0.3) is 23.3 Å². The number of carbonyl (C=O) groups excluding carboxylic acids is 3. The van der Waals surface area contributed by atoms with Crippen LogP contribution in [0.3, 0.4) is 0 Å². The lowest BCUT2D eigenvalue weighted by atomic mass is 10.1. The van der Waals surface area contributed by atoms with E-state index in [0.717, 1.165) is 0 Å². The van der Waals surface area contributed by atoms with Gasteiger partial charge in [0.1, 0.15) is 6.04 Å². The fourth-order valence-electron chi connectivity index (χ4n) is 3.00. The van der Waals surface area contributed by atoms with Gasteiger partial charge in [-0.15, -0.1) is 0 Å². The SMILES string of the molecule is CC(C)n1nc(C(=O)NNC(=O)[C@H](C)NC(=O)c2ccccc2Cl)c2ccccc2c1=O. The van der Waals surface area contributed by atoms with Gasteiger partial charge in [0.05, 0.1) is 22.0 Å². The lowest BCUT2D eigenvalue weighted by Gasteiger charge is -2.16. The van der Waals surface area contributed by atoms with Crippen molar-refractivity contribution in [1.29, 1.82) is 0 Å². The minimum Gasteiger partial charge on any atom is -0.340 e. The van der Waals surface area contributed by atoms with E-state index in [-0.39, 0.29) is 27.9 Å². The molecule has 2 aromatic carbocycles. The summed E-state index contributed by atoms with van der Waals surface area (Å²) in [5.74, 6) is -1.88. The van der Waals surface area contributed by atoms with Crippen molar-refractivity contribution >= 4 is 40.1 Å². The fourth-order valence-corrected chi connectivity index (χ4v) is 3.22. The molecule has 1 heterocycles. The van der Waals surface area contributed by atoms with E-state index in [9.17, 15) is 19.2 Å². The molecule has 9 nitrogen and oxygen atoms in total. The molecule has 3 aromatic rings. The Kier molecular flexibility index (Phi) is 6.89. The molecule has 1 aromatic heterocycles. The maximum atomic E-state index is 12.8. The highest BCUT2D eigenvalue weighted by atomic mass is 35.5. The number of amides is 3. The number of hydrazine groups is 1. The Balaban J connectivity index is 1.73. The molecule has 0 bridgehead atoms. The molecule has 0 fully saturated rings. The standard InChI is InChI=1S/C22H22ClN5O4/c1-12(2)28-22(32)15-9-5-4-8-14(15)18(27-28)21(31)26-25-19(29)13(3)24-20(30)16-10-6-7-11-17(16)23/h4-13H,1-3H3,(H,24,30)(H,25,29)(H,26,31)/t13-/m0/s1. The third kappa shape index (κ3) is 4.78. The minimum atomic E-state index is -0.964. The number of hydrogen-bond donors (Lipinski definition) is 3. The second-order valence-corrected chi connectivity index (χ2v) is 7.76. The molecule has 1 atom stereocenters. The number of hydrogen-bond acceptors (Lipinski definition) is 5. The number of fused-ring (bicyclic) bond motifs is 1. The van der Waals surface area contributed by atoms with Gasteiger partial charge >= 0.3 is 0 Å². The predicted molar refractivity (Wildman–Crippen MR) is 120 cm³/mol. The lowest BCUT2D eigenvalue weighted by molar-refractivity contribution is -0.123. The summed E-state index contributed by atoms with van der Waals surface area (Å²) in [4.78, 5) is 50.0. The highest BCUT2D eigenvalue weighted by Gasteiger charge is 2.21. The van der Waals surface area contributed by atoms with Gasteiger partial charge in [-0.25, -0.2) is 4.68 Å². The van der Waals surface area contributed by atoms with Crippen LogP contribution in [-0.4, -0.2) is 33.5 Å². The van der Waals surface area contributed by atoms with Crippen LogP contribution in [0.4, 0.5) is 0 Å². The van der Waals surface area contributed by atoms with Gasteiger partial charge in [-0.2, -0.15) is 5.10 Å². The molecule has 10 heteroatoms. The summed E-state index contributed by atoms with van der Waals surface area (Å²) in [5.41, 5.74) is 4.46. The van der Waals surface area contributed by atoms with Crippen molar-refractivity contribution in [3.05, 3.63) is 75.2 Å². The average molecular weight is 456 g/mol. The molecule has 3 N–H and O–H groups in total. The molecule has 0 aliphatic heterocycles. The zero-order valence-corrected chi connectivity index (χ0v) is 18.4. The molecule has 0 unspecified atom stereocenters. The van der Waals surface area contributed by atoms with Crippen molar-refractivity contribution in [2.75, 3.05) is 0 Å². The van der Waals surface area contributed by atoms with Crippen LogP contribution in [0.5, 0.6) is 0 Å². The summed E-state index contributed by atoms with van der Waals surface area (Å²) in [7, 11) is 0. The van der Waals surface area contributed by atoms with Gasteiger partial charge in [-0.05, 0) is 39.0 Å². The number of carbonyl (C=O) groups is 3. The van der Waals surface area contributed by atoms with Crippen molar-refractivity contribution in [2.45, 2.75) is 32.9 Å².